The van der Waals surface area contributed by atoms with E-state index in [1.165, 1.54) is 11.9 Å². The normalized spacial score (nSPS) is 19.1. The smallest absolute Gasteiger partial charge is 0.272 e. The minimum absolute atomic E-state index is 0.0355. The number of hydrogen-bond donors (Lipinski definition) is 2. The van der Waals surface area contributed by atoms with Crippen molar-refractivity contribution in [1.82, 2.24) is 24.1 Å². The van der Waals surface area contributed by atoms with Gasteiger partial charge in [0.25, 0.3) is 5.91 Å². The molecule has 2 aliphatic rings. The van der Waals surface area contributed by atoms with Crippen LogP contribution < -0.4 is 5.32 Å². The number of anilines is 1. The summed E-state index contributed by atoms with van der Waals surface area (Å²) in [5.74, 6) is 0.654. The monoisotopic (exact) mass is 542 g/mol. The molecule has 2 aliphatic heterocycles. The number of nitrogens with zero attached hydrogens (tertiary/aromatic N) is 5. The van der Waals surface area contributed by atoms with Gasteiger partial charge < -0.3 is 15.1 Å². The zero-order valence-electron chi connectivity index (χ0n) is 23.3. The first-order chi connectivity index (χ1) is 18.0. The maximum absolute atomic E-state index is 13.4. The molecule has 10 heteroatoms. The Kier molecular flexibility index (Phi) is 9.18. The Balaban J connectivity index is 1.30. The Morgan fingerprint density at radius 1 is 1.08 bits per heavy atom. The van der Waals surface area contributed by atoms with E-state index in [-0.39, 0.29) is 17.4 Å². The van der Waals surface area contributed by atoms with Gasteiger partial charge >= 0.3 is 0 Å². The third kappa shape index (κ3) is 6.77. The molecule has 3 heterocycles. The molecule has 1 unspecified atom stereocenters. The zero-order chi connectivity index (χ0) is 27.4. The Bertz CT molecular complexity index is 1120. The van der Waals surface area contributed by atoms with Gasteiger partial charge in [-0.1, -0.05) is 45.0 Å². The number of nitrogens with one attached hydrogen (secondary N) is 1. The Labute approximate surface area is 229 Å². The lowest BCUT2D eigenvalue weighted by molar-refractivity contribution is 0.0542. The van der Waals surface area contributed by atoms with Crippen LogP contribution in [-0.2, 0) is 23.2 Å². The van der Waals surface area contributed by atoms with Gasteiger partial charge in [0.05, 0.1) is 0 Å². The Hall–Kier alpha value is -2.40. The van der Waals surface area contributed by atoms with Crippen LogP contribution in [0.15, 0.2) is 30.6 Å². The first-order valence-electron chi connectivity index (χ1n) is 13.6. The van der Waals surface area contributed by atoms with E-state index in [1.807, 2.05) is 11.8 Å². The van der Waals surface area contributed by atoms with Crippen molar-refractivity contribution in [2.45, 2.75) is 77.4 Å². The standard InChI is InChI=1S/C28H42N6O3S/c1-20-25(30-19-31-26(20)29-18-21-6-8-22(9-7-21)28(2,3)4)27(35)34-16-12-24(13-17-34)33-14-10-23(11-15-33)32(5)38(36)37/h6-9,19,23-24H,10-18H2,1-5H3,(H,36,37)(H,29,30,31). The van der Waals surface area contributed by atoms with Gasteiger partial charge in [-0.2, -0.15) is 0 Å². The molecule has 208 valence electrons. The van der Waals surface area contributed by atoms with Gasteiger partial charge in [-0.05, 0) is 62.2 Å². The molecule has 2 N–H and O–H groups in total. The van der Waals surface area contributed by atoms with Crippen LogP contribution in [0.25, 0.3) is 0 Å². The number of amides is 1. The van der Waals surface area contributed by atoms with Crippen LogP contribution in [-0.4, -0.2) is 84.1 Å². The highest BCUT2D eigenvalue weighted by molar-refractivity contribution is 7.76. The molecule has 0 radical (unpaired) electrons. The number of likely N-dealkylation sites (tertiary alicyclic amines) is 2. The fourth-order valence-corrected chi connectivity index (χ4v) is 5.94. The predicted octanol–water partition coefficient (Wildman–Crippen LogP) is 3.83. The lowest BCUT2D eigenvalue weighted by atomic mass is 9.87. The van der Waals surface area contributed by atoms with Crippen molar-refractivity contribution >= 4 is 23.0 Å². The number of hydrogen-bond acceptors (Lipinski definition) is 6. The molecule has 1 aromatic heterocycles. The summed E-state index contributed by atoms with van der Waals surface area (Å²) >= 11 is -1.92. The molecule has 0 bridgehead atoms. The number of rotatable bonds is 7. The highest BCUT2D eigenvalue weighted by atomic mass is 32.2. The van der Waals surface area contributed by atoms with Crippen LogP contribution >= 0.6 is 0 Å². The lowest BCUT2D eigenvalue weighted by Crippen LogP contribution is -2.51. The van der Waals surface area contributed by atoms with Crippen molar-refractivity contribution < 1.29 is 13.6 Å². The van der Waals surface area contributed by atoms with E-state index < -0.39 is 11.3 Å². The van der Waals surface area contributed by atoms with Gasteiger partial charge in [0.15, 0.2) is 0 Å². The SMILES string of the molecule is Cc1c(NCc2ccc(C(C)(C)C)cc2)ncnc1C(=O)N1CCC(N2CCC(N(C)S(=O)O)CC2)CC1. The molecule has 4 rings (SSSR count). The van der Waals surface area contributed by atoms with Crippen LogP contribution in [0.3, 0.4) is 0 Å². The van der Waals surface area contributed by atoms with Crippen molar-refractivity contribution in [2.24, 2.45) is 0 Å². The second kappa shape index (κ2) is 12.2. The molecular formula is C28H42N6O3S. The molecule has 0 saturated carbocycles. The second-order valence-electron chi connectivity index (χ2n) is 11.6. The summed E-state index contributed by atoms with van der Waals surface area (Å²) in [7, 11) is 1.71. The van der Waals surface area contributed by atoms with E-state index in [1.54, 1.807) is 11.4 Å². The Morgan fingerprint density at radius 2 is 1.71 bits per heavy atom. The fraction of sp³-hybridized carbons (Fsp3) is 0.607. The number of benzene rings is 1. The van der Waals surface area contributed by atoms with Crippen LogP contribution in [0.5, 0.6) is 0 Å². The minimum atomic E-state index is -1.92. The van der Waals surface area contributed by atoms with E-state index in [0.717, 1.165) is 49.9 Å². The fourth-order valence-electron chi connectivity index (χ4n) is 5.48. The summed E-state index contributed by atoms with van der Waals surface area (Å²) < 4.78 is 22.3. The maximum atomic E-state index is 13.4. The topological polar surface area (TPSA) is 102 Å². The number of aromatic nitrogens is 2. The molecule has 1 atom stereocenters. The summed E-state index contributed by atoms with van der Waals surface area (Å²) in [6, 6.07) is 9.19. The van der Waals surface area contributed by atoms with Gasteiger partial charge in [-0.15, -0.1) is 0 Å². The highest BCUT2D eigenvalue weighted by Gasteiger charge is 2.32. The summed E-state index contributed by atoms with van der Waals surface area (Å²) in [5, 5.41) is 3.39. The molecule has 38 heavy (non-hydrogen) atoms. The van der Waals surface area contributed by atoms with Gasteiger partial charge in [0.1, 0.15) is 17.8 Å². The highest BCUT2D eigenvalue weighted by Crippen LogP contribution is 2.26. The molecule has 9 nitrogen and oxygen atoms in total. The Morgan fingerprint density at radius 3 is 2.29 bits per heavy atom. The summed E-state index contributed by atoms with van der Waals surface area (Å²) in [4.78, 5) is 26.5. The van der Waals surface area contributed by atoms with E-state index >= 15 is 0 Å². The largest absolute Gasteiger partial charge is 0.366 e. The summed E-state index contributed by atoms with van der Waals surface area (Å²) in [5.41, 5.74) is 3.82. The number of carbonyl (C=O) groups is 1. The maximum Gasteiger partial charge on any atom is 0.272 e. The van der Waals surface area contributed by atoms with Crippen molar-refractivity contribution in [3.05, 3.63) is 53.0 Å². The average molecular weight is 543 g/mol. The molecule has 2 fully saturated rings. The molecule has 1 amide bonds. The predicted molar refractivity (Wildman–Crippen MR) is 151 cm³/mol. The van der Waals surface area contributed by atoms with Crippen LogP contribution in [0.1, 0.15) is 73.6 Å². The minimum Gasteiger partial charge on any atom is -0.366 e. The van der Waals surface area contributed by atoms with Crippen LogP contribution in [0.2, 0.25) is 0 Å². The molecule has 0 aliphatic carbocycles. The van der Waals surface area contributed by atoms with Gasteiger partial charge in [0, 0.05) is 44.3 Å². The van der Waals surface area contributed by atoms with Gasteiger partial charge in [-0.25, -0.2) is 18.5 Å². The van der Waals surface area contributed by atoms with Crippen LogP contribution in [0, 0.1) is 6.92 Å². The third-order valence-electron chi connectivity index (χ3n) is 8.09. The average Bonchev–Trinajstić information content (AvgIpc) is 2.91. The lowest BCUT2D eigenvalue weighted by Gasteiger charge is -2.42. The molecular weight excluding hydrogens is 500 g/mol. The van der Waals surface area contributed by atoms with E-state index in [0.29, 0.717) is 37.2 Å². The zero-order valence-corrected chi connectivity index (χ0v) is 24.1. The van der Waals surface area contributed by atoms with Crippen molar-refractivity contribution in [2.75, 3.05) is 38.5 Å². The first-order valence-corrected chi connectivity index (χ1v) is 14.6. The second-order valence-corrected chi connectivity index (χ2v) is 12.6. The van der Waals surface area contributed by atoms with E-state index in [4.69, 9.17) is 0 Å². The molecule has 2 aromatic rings. The third-order valence-corrected chi connectivity index (χ3v) is 8.89. The summed E-state index contributed by atoms with van der Waals surface area (Å²) in [6.45, 7) is 12.4. The number of carbonyl (C=O) groups excluding carboxylic acids is 1. The van der Waals surface area contributed by atoms with E-state index in [9.17, 15) is 13.6 Å². The van der Waals surface area contributed by atoms with Crippen molar-refractivity contribution in [3.63, 3.8) is 0 Å². The van der Waals surface area contributed by atoms with Gasteiger partial charge in [-0.3, -0.25) is 9.35 Å². The molecule has 2 saturated heterocycles. The molecule has 1 aromatic carbocycles. The van der Waals surface area contributed by atoms with Crippen molar-refractivity contribution in [1.29, 1.82) is 0 Å². The quantitative estimate of drug-likeness (QED) is 0.513. The first kappa shape index (κ1) is 28.6. The summed E-state index contributed by atoms with van der Waals surface area (Å²) in [6.07, 6.45) is 5.10. The molecule has 0 spiro atoms. The van der Waals surface area contributed by atoms with E-state index in [2.05, 4.69) is 65.2 Å². The van der Waals surface area contributed by atoms with Gasteiger partial charge in [0.2, 0.25) is 11.3 Å². The van der Waals surface area contributed by atoms with Crippen molar-refractivity contribution in [3.8, 4) is 0 Å². The number of piperidine rings is 2. The van der Waals surface area contributed by atoms with Crippen LogP contribution in [0.4, 0.5) is 5.82 Å².